The van der Waals surface area contributed by atoms with E-state index in [0.29, 0.717) is 4.60 Å². The van der Waals surface area contributed by atoms with Crippen molar-refractivity contribution in [2.75, 3.05) is 7.11 Å². The monoisotopic (exact) mass is 348 g/mol. The zero-order valence-corrected chi connectivity index (χ0v) is 11.4. The van der Waals surface area contributed by atoms with Crippen molar-refractivity contribution in [3.05, 3.63) is 39.3 Å². The molecule has 2 aromatic rings. The first-order valence-electron chi connectivity index (χ1n) is 4.37. The summed E-state index contributed by atoms with van der Waals surface area (Å²) in [6.07, 6.45) is 0. The number of nitrogens with zero attached hydrogens (tertiary/aromatic N) is 2. The van der Waals surface area contributed by atoms with Crippen LogP contribution in [-0.2, 0) is 0 Å². The van der Waals surface area contributed by atoms with Gasteiger partial charge in [-0.15, -0.1) is 0 Å². The van der Waals surface area contributed by atoms with Gasteiger partial charge in [0.15, 0.2) is 11.6 Å². The molecular weight excluding hydrogens is 343 g/mol. The Kier molecular flexibility index (Phi) is 3.30. The number of halogens is 3. The summed E-state index contributed by atoms with van der Waals surface area (Å²) in [5.41, 5.74) is 0.718. The first kappa shape index (κ1) is 11.6. The summed E-state index contributed by atoms with van der Waals surface area (Å²) in [7, 11) is 1.43. The molecule has 84 valence electrons. The van der Waals surface area contributed by atoms with Crippen molar-refractivity contribution >= 4 is 31.9 Å². The molecule has 0 bridgehead atoms. The van der Waals surface area contributed by atoms with E-state index in [0.717, 1.165) is 10.3 Å². The average molecular weight is 350 g/mol. The first-order valence-corrected chi connectivity index (χ1v) is 5.95. The molecule has 0 spiro atoms. The van der Waals surface area contributed by atoms with Crippen LogP contribution in [0.15, 0.2) is 33.5 Å². The topological polar surface area (TPSA) is 27.1 Å². The summed E-state index contributed by atoms with van der Waals surface area (Å²) in [6, 6.07) is 6.35. The number of benzene rings is 1. The van der Waals surface area contributed by atoms with Gasteiger partial charge in [-0.1, -0.05) is 0 Å². The normalized spacial score (nSPS) is 10.5. The third-order valence-corrected chi connectivity index (χ3v) is 2.97. The second kappa shape index (κ2) is 4.55. The highest BCUT2D eigenvalue weighted by Crippen LogP contribution is 2.25. The minimum atomic E-state index is -0.395. The maximum Gasteiger partial charge on any atom is 0.165 e. The van der Waals surface area contributed by atoms with E-state index in [4.69, 9.17) is 4.74 Å². The van der Waals surface area contributed by atoms with Gasteiger partial charge >= 0.3 is 0 Å². The Labute approximate surface area is 108 Å². The third kappa shape index (κ3) is 2.12. The summed E-state index contributed by atoms with van der Waals surface area (Å²) in [5.74, 6) is -0.204. The summed E-state index contributed by atoms with van der Waals surface area (Å²) in [4.78, 5) is 0. The maximum atomic E-state index is 13.2. The van der Waals surface area contributed by atoms with Crippen LogP contribution < -0.4 is 4.74 Å². The van der Waals surface area contributed by atoms with E-state index in [9.17, 15) is 4.39 Å². The Balaban J connectivity index is 2.52. The summed E-state index contributed by atoms with van der Waals surface area (Å²) in [5, 5.41) is 4.19. The average Bonchev–Trinajstić information content (AvgIpc) is 2.59. The molecule has 0 N–H and O–H groups in total. The smallest absolute Gasteiger partial charge is 0.165 e. The van der Waals surface area contributed by atoms with Crippen molar-refractivity contribution in [1.82, 2.24) is 9.78 Å². The highest BCUT2D eigenvalue weighted by atomic mass is 79.9. The molecule has 1 aromatic heterocycles. The molecule has 6 heteroatoms. The van der Waals surface area contributed by atoms with E-state index in [1.807, 2.05) is 0 Å². The predicted octanol–water partition coefficient (Wildman–Crippen LogP) is 3.55. The summed E-state index contributed by atoms with van der Waals surface area (Å²) in [6.45, 7) is 0. The molecule has 1 aromatic carbocycles. The lowest BCUT2D eigenvalue weighted by Gasteiger charge is -2.06. The second-order valence-corrected chi connectivity index (χ2v) is 4.65. The Morgan fingerprint density at radius 3 is 2.62 bits per heavy atom. The largest absolute Gasteiger partial charge is 0.494 e. The maximum absolute atomic E-state index is 13.2. The van der Waals surface area contributed by atoms with E-state index in [1.54, 1.807) is 22.9 Å². The predicted molar refractivity (Wildman–Crippen MR) is 65.5 cm³/mol. The summed E-state index contributed by atoms with van der Waals surface area (Å²) < 4.78 is 21.2. The number of hydrogen-bond donors (Lipinski definition) is 0. The Hall–Kier alpha value is -0.880. The molecule has 0 unspecified atom stereocenters. The highest BCUT2D eigenvalue weighted by molar-refractivity contribution is 9.11. The minimum Gasteiger partial charge on any atom is -0.494 e. The van der Waals surface area contributed by atoms with E-state index in [1.165, 1.54) is 13.2 Å². The van der Waals surface area contributed by atoms with Crippen LogP contribution >= 0.6 is 31.9 Å². The van der Waals surface area contributed by atoms with E-state index >= 15 is 0 Å². The van der Waals surface area contributed by atoms with Crippen LogP contribution in [0.1, 0.15) is 0 Å². The Bertz CT molecular complexity index is 528. The van der Waals surface area contributed by atoms with E-state index in [2.05, 4.69) is 37.0 Å². The van der Waals surface area contributed by atoms with Gasteiger partial charge < -0.3 is 4.74 Å². The van der Waals surface area contributed by atoms with Gasteiger partial charge in [-0.25, -0.2) is 9.07 Å². The van der Waals surface area contributed by atoms with Gasteiger partial charge in [0.1, 0.15) is 9.21 Å². The molecule has 16 heavy (non-hydrogen) atoms. The fourth-order valence-electron chi connectivity index (χ4n) is 1.29. The van der Waals surface area contributed by atoms with Gasteiger partial charge in [0.05, 0.1) is 12.8 Å². The lowest BCUT2D eigenvalue weighted by atomic mass is 10.3. The van der Waals surface area contributed by atoms with Crippen molar-refractivity contribution < 1.29 is 9.13 Å². The molecule has 0 amide bonds. The van der Waals surface area contributed by atoms with Gasteiger partial charge in [0.25, 0.3) is 0 Å². The molecule has 0 saturated carbocycles. The second-order valence-electron chi connectivity index (χ2n) is 3.02. The summed E-state index contributed by atoms with van der Waals surface area (Å²) >= 11 is 6.62. The molecule has 0 atom stereocenters. The van der Waals surface area contributed by atoms with Crippen molar-refractivity contribution in [2.45, 2.75) is 0 Å². The van der Waals surface area contributed by atoms with Crippen molar-refractivity contribution in [3.8, 4) is 11.4 Å². The van der Waals surface area contributed by atoms with Crippen LogP contribution in [-0.4, -0.2) is 16.9 Å². The fourth-order valence-corrected chi connectivity index (χ4v) is 2.48. The lowest BCUT2D eigenvalue weighted by molar-refractivity contribution is 0.386. The van der Waals surface area contributed by atoms with E-state index in [-0.39, 0.29) is 5.75 Å². The van der Waals surface area contributed by atoms with Gasteiger partial charge in [-0.2, -0.15) is 5.10 Å². The van der Waals surface area contributed by atoms with Gasteiger partial charge in [0.2, 0.25) is 0 Å². The molecule has 3 nitrogen and oxygen atoms in total. The van der Waals surface area contributed by atoms with E-state index < -0.39 is 5.82 Å². The van der Waals surface area contributed by atoms with Crippen LogP contribution in [0.5, 0.6) is 5.75 Å². The number of hydrogen-bond acceptors (Lipinski definition) is 2. The quantitative estimate of drug-likeness (QED) is 0.829. The number of methoxy groups -OCH3 is 1. The van der Waals surface area contributed by atoms with Crippen LogP contribution in [0.2, 0.25) is 0 Å². The number of rotatable bonds is 2. The molecule has 0 aliphatic rings. The standard InChI is InChI=1S/C10H7Br2FN2O/c1-16-8-4-6(2-3-7(8)13)15-10(12)5-9(11)14-15/h2-5H,1H3. The first-order chi connectivity index (χ1) is 7.61. The molecular formula is C10H7Br2FN2O. The fraction of sp³-hybridized carbons (Fsp3) is 0.100. The third-order valence-electron chi connectivity index (χ3n) is 2.02. The van der Waals surface area contributed by atoms with Crippen LogP contribution in [0.3, 0.4) is 0 Å². The molecule has 0 aliphatic carbocycles. The van der Waals surface area contributed by atoms with Crippen LogP contribution in [0.25, 0.3) is 5.69 Å². The van der Waals surface area contributed by atoms with Crippen molar-refractivity contribution in [2.24, 2.45) is 0 Å². The zero-order chi connectivity index (χ0) is 11.7. The van der Waals surface area contributed by atoms with Gasteiger partial charge in [-0.05, 0) is 44.0 Å². The number of ether oxygens (including phenoxy) is 1. The SMILES string of the molecule is COc1cc(-n2nc(Br)cc2Br)ccc1F. The lowest BCUT2D eigenvalue weighted by Crippen LogP contribution is -1.98. The number of aromatic nitrogens is 2. The molecule has 0 radical (unpaired) electrons. The van der Waals surface area contributed by atoms with Crippen molar-refractivity contribution in [1.29, 1.82) is 0 Å². The van der Waals surface area contributed by atoms with Gasteiger partial charge in [0, 0.05) is 12.1 Å². The minimum absolute atomic E-state index is 0.191. The van der Waals surface area contributed by atoms with Gasteiger partial charge in [-0.3, -0.25) is 0 Å². The van der Waals surface area contributed by atoms with Crippen LogP contribution in [0.4, 0.5) is 4.39 Å². The molecule has 0 saturated heterocycles. The van der Waals surface area contributed by atoms with Crippen LogP contribution in [0, 0.1) is 5.82 Å². The molecule has 0 fully saturated rings. The Morgan fingerprint density at radius 2 is 2.06 bits per heavy atom. The Morgan fingerprint density at radius 1 is 1.31 bits per heavy atom. The highest BCUT2D eigenvalue weighted by Gasteiger charge is 2.09. The van der Waals surface area contributed by atoms with Crippen molar-refractivity contribution in [3.63, 3.8) is 0 Å². The molecule has 1 heterocycles. The molecule has 2 rings (SSSR count). The molecule has 0 aliphatic heterocycles. The zero-order valence-electron chi connectivity index (χ0n) is 8.25.